The molecule has 0 bridgehead atoms. The zero-order valence-corrected chi connectivity index (χ0v) is 24.3. The van der Waals surface area contributed by atoms with Gasteiger partial charge in [-0.15, -0.1) is 0 Å². The lowest BCUT2D eigenvalue weighted by Gasteiger charge is -2.26. The fourth-order valence-corrected chi connectivity index (χ4v) is 5.71. The van der Waals surface area contributed by atoms with Crippen molar-refractivity contribution in [1.29, 1.82) is 0 Å². The molecule has 0 radical (unpaired) electrons. The van der Waals surface area contributed by atoms with E-state index in [1.165, 1.54) is 38.0 Å². The zero-order valence-electron chi connectivity index (χ0n) is 23.5. The molecule has 0 aliphatic rings. The number of carbonyl (C=O) groups excluding carboxylic acids is 1. The van der Waals surface area contributed by atoms with E-state index in [1.807, 2.05) is 39.0 Å². The maximum Gasteiger partial charge on any atom is 0.264 e. The van der Waals surface area contributed by atoms with Gasteiger partial charge in [-0.05, 0) is 72.7 Å². The number of ether oxygens (including phenoxy) is 2. The second kappa shape index (κ2) is 11.5. The molecule has 1 amide bonds. The van der Waals surface area contributed by atoms with E-state index in [4.69, 9.17) is 9.47 Å². The van der Waals surface area contributed by atoms with Crippen LogP contribution in [0, 0.1) is 13.8 Å². The number of rotatable bonds is 9. The van der Waals surface area contributed by atoms with E-state index in [2.05, 4.69) is 38.2 Å². The van der Waals surface area contributed by atoms with Crippen LogP contribution >= 0.6 is 0 Å². The van der Waals surface area contributed by atoms with Crippen molar-refractivity contribution in [3.05, 3.63) is 82.9 Å². The molecule has 3 rings (SSSR count). The lowest BCUT2D eigenvalue weighted by atomic mass is 9.86. The van der Waals surface area contributed by atoms with E-state index in [9.17, 15) is 13.2 Å². The largest absolute Gasteiger partial charge is 0.493 e. The van der Waals surface area contributed by atoms with Crippen molar-refractivity contribution in [2.75, 3.05) is 25.1 Å². The smallest absolute Gasteiger partial charge is 0.264 e. The maximum absolute atomic E-state index is 13.9. The summed E-state index contributed by atoms with van der Waals surface area (Å²) in [5.74, 6) is 0.278. The Morgan fingerprint density at radius 3 is 2.00 bits per heavy atom. The number of methoxy groups -OCH3 is 2. The molecule has 1 N–H and O–H groups in total. The number of sulfonamides is 1. The van der Waals surface area contributed by atoms with Crippen LogP contribution in [0.25, 0.3) is 0 Å². The summed E-state index contributed by atoms with van der Waals surface area (Å²) < 4.78 is 39.5. The molecule has 7 nitrogen and oxygen atoms in total. The third kappa shape index (κ3) is 6.67. The normalized spacial score (nSPS) is 12.5. The van der Waals surface area contributed by atoms with Gasteiger partial charge in [0.15, 0.2) is 11.5 Å². The molecule has 1 atom stereocenters. The van der Waals surface area contributed by atoms with Gasteiger partial charge < -0.3 is 14.8 Å². The summed E-state index contributed by atoms with van der Waals surface area (Å²) in [6.07, 6.45) is 0. The minimum absolute atomic E-state index is 0.00655. The fourth-order valence-electron chi connectivity index (χ4n) is 4.29. The fraction of sp³-hybridized carbons (Fsp3) is 0.367. The SMILES string of the molecule is COc1ccc(S(=O)(=O)N(CC(=O)N[C@H](C)c2ccc(C(C)(C)C)cc2)c2cc(C)cc(C)c2)cc1OC. The summed E-state index contributed by atoms with van der Waals surface area (Å²) in [6.45, 7) is 11.7. The summed E-state index contributed by atoms with van der Waals surface area (Å²) in [4.78, 5) is 13.2. The maximum atomic E-state index is 13.9. The Bertz CT molecular complexity index is 1370. The first kappa shape index (κ1) is 29.0. The van der Waals surface area contributed by atoms with Crippen LogP contribution in [0.15, 0.2) is 65.6 Å². The Morgan fingerprint density at radius 1 is 0.895 bits per heavy atom. The molecule has 0 spiro atoms. The van der Waals surface area contributed by atoms with Crippen LogP contribution in [0.5, 0.6) is 11.5 Å². The summed E-state index contributed by atoms with van der Waals surface area (Å²) >= 11 is 0. The van der Waals surface area contributed by atoms with E-state index >= 15 is 0 Å². The van der Waals surface area contributed by atoms with Gasteiger partial charge in [-0.1, -0.05) is 51.1 Å². The van der Waals surface area contributed by atoms with Crippen LogP contribution in [0.2, 0.25) is 0 Å². The number of anilines is 1. The minimum atomic E-state index is -4.13. The van der Waals surface area contributed by atoms with E-state index < -0.39 is 15.9 Å². The number of nitrogens with zero attached hydrogens (tertiary/aromatic N) is 1. The zero-order chi connectivity index (χ0) is 28.3. The Morgan fingerprint density at radius 2 is 1.47 bits per heavy atom. The molecular weight excluding hydrogens is 500 g/mol. The molecule has 3 aromatic carbocycles. The molecular formula is C30H38N2O5S. The number of amides is 1. The Labute approximate surface area is 226 Å². The summed E-state index contributed by atoms with van der Waals surface area (Å²) in [5, 5.41) is 2.96. The van der Waals surface area contributed by atoms with Crippen LogP contribution < -0.4 is 19.1 Å². The topological polar surface area (TPSA) is 84.9 Å². The molecule has 0 saturated heterocycles. The van der Waals surface area contributed by atoms with Crippen LogP contribution in [0.4, 0.5) is 5.69 Å². The lowest BCUT2D eigenvalue weighted by Crippen LogP contribution is -2.41. The predicted molar refractivity (Wildman–Crippen MR) is 152 cm³/mol. The molecule has 8 heteroatoms. The second-order valence-electron chi connectivity index (χ2n) is 10.5. The Balaban J connectivity index is 1.94. The van der Waals surface area contributed by atoms with Crippen LogP contribution in [0.3, 0.4) is 0 Å². The summed E-state index contributed by atoms with van der Waals surface area (Å²) in [7, 11) is -1.20. The Kier molecular flexibility index (Phi) is 8.77. The Hall–Kier alpha value is -3.52. The molecule has 0 fully saturated rings. The highest BCUT2D eigenvalue weighted by molar-refractivity contribution is 7.92. The number of nitrogens with one attached hydrogen (secondary N) is 1. The highest BCUT2D eigenvalue weighted by Crippen LogP contribution is 2.33. The van der Waals surface area contributed by atoms with E-state index in [0.717, 1.165) is 21.0 Å². The minimum Gasteiger partial charge on any atom is -0.493 e. The number of hydrogen-bond acceptors (Lipinski definition) is 5. The molecule has 0 heterocycles. The van der Waals surface area contributed by atoms with Crippen molar-refractivity contribution in [3.8, 4) is 11.5 Å². The molecule has 0 saturated carbocycles. The van der Waals surface area contributed by atoms with Gasteiger partial charge in [0.2, 0.25) is 5.91 Å². The summed E-state index contributed by atoms with van der Waals surface area (Å²) in [6, 6.07) is 17.7. The van der Waals surface area contributed by atoms with Crippen LogP contribution in [0.1, 0.15) is 56.0 Å². The van der Waals surface area contributed by atoms with Gasteiger partial charge in [0.25, 0.3) is 10.0 Å². The highest BCUT2D eigenvalue weighted by Gasteiger charge is 2.29. The van der Waals surface area contributed by atoms with Gasteiger partial charge in [0.1, 0.15) is 6.54 Å². The first-order valence-corrected chi connectivity index (χ1v) is 13.9. The summed E-state index contributed by atoms with van der Waals surface area (Å²) in [5.41, 5.74) is 4.35. The van der Waals surface area contributed by atoms with Gasteiger partial charge in [-0.25, -0.2) is 8.42 Å². The van der Waals surface area contributed by atoms with Crippen molar-refractivity contribution >= 4 is 21.6 Å². The predicted octanol–water partition coefficient (Wildman–Crippen LogP) is 5.69. The number of benzene rings is 3. The van der Waals surface area contributed by atoms with Crippen molar-refractivity contribution in [3.63, 3.8) is 0 Å². The van der Waals surface area contributed by atoms with E-state index in [1.54, 1.807) is 12.1 Å². The van der Waals surface area contributed by atoms with Gasteiger partial charge in [-0.3, -0.25) is 9.10 Å². The first-order chi connectivity index (χ1) is 17.8. The van der Waals surface area contributed by atoms with Crippen molar-refractivity contribution < 1.29 is 22.7 Å². The third-order valence-electron chi connectivity index (χ3n) is 6.38. The second-order valence-corrected chi connectivity index (χ2v) is 12.4. The lowest BCUT2D eigenvalue weighted by molar-refractivity contribution is -0.120. The first-order valence-electron chi connectivity index (χ1n) is 12.5. The van der Waals surface area contributed by atoms with E-state index in [-0.39, 0.29) is 28.6 Å². The molecule has 0 aliphatic heterocycles. The molecule has 0 unspecified atom stereocenters. The van der Waals surface area contributed by atoms with Gasteiger partial charge in [-0.2, -0.15) is 0 Å². The van der Waals surface area contributed by atoms with Gasteiger partial charge >= 0.3 is 0 Å². The quantitative estimate of drug-likeness (QED) is 0.378. The highest BCUT2D eigenvalue weighted by atomic mass is 32.2. The van der Waals surface area contributed by atoms with Gasteiger partial charge in [0.05, 0.1) is 30.8 Å². The van der Waals surface area contributed by atoms with Crippen molar-refractivity contribution in [2.45, 2.75) is 57.9 Å². The van der Waals surface area contributed by atoms with Gasteiger partial charge in [0, 0.05) is 6.07 Å². The monoisotopic (exact) mass is 538 g/mol. The van der Waals surface area contributed by atoms with Crippen molar-refractivity contribution in [1.82, 2.24) is 5.32 Å². The van der Waals surface area contributed by atoms with E-state index in [0.29, 0.717) is 11.4 Å². The molecule has 38 heavy (non-hydrogen) atoms. The van der Waals surface area contributed by atoms with Crippen molar-refractivity contribution in [2.24, 2.45) is 0 Å². The van der Waals surface area contributed by atoms with Crippen LogP contribution in [-0.2, 0) is 20.2 Å². The standard InChI is InChI=1S/C30H38N2O5S/c1-20-15-21(2)17-25(16-20)32(38(34,35)26-13-14-27(36-7)28(18-26)37-8)19-29(33)31-22(3)23-9-11-24(12-10-23)30(4,5)6/h9-18,22H,19H2,1-8H3,(H,31,33)/t22-/m1/s1. The average molecular weight is 539 g/mol. The number of hydrogen-bond donors (Lipinski definition) is 1. The molecule has 3 aromatic rings. The third-order valence-corrected chi connectivity index (χ3v) is 8.15. The molecule has 0 aliphatic carbocycles. The number of carbonyl (C=O) groups is 1. The molecule has 204 valence electrons. The average Bonchev–Trinajstić information content (AvgIpc) is 2.85. The molecule has 0 aromatic heterocycles. The van der Waals surface area contributed by atoms with Crippen LogP contribution in [-0.4, -0.2) is 35.1 Å². The number of aryl methyl sites for hydroxylation is 2.